The molecule has 1 rings (SSSR count). The minimum absolute atomic E-state index is 0.121. The molecule has 0 aliphatic carbocycles. The molecule has 3 N–H and O–H groups in total. The normalized spacial score (nSPS) is 10.8. The van der Waals surface area contributed by atoms with Crippen molar-refractivity contribution in [2.45, 2.75) is 20.5 Å². The van der Waals surface area contributed by atoms with Crippen molar-refractivity contribution in [1.29, 1.82) is 0 Å². The third-order valence-electron chi connectivity index (χ3n) is 1.81. The van der Waals surface area contributed by atoms with Gasteiger partial charge in [0.05, 0.1) is 12.3 Å². The summed E-state index contributed by atoms with van der Waals surface area (Å²) < 4.78 is 5.42. The van der Waals surface area contributed by atoms with Crippen molar-refractivity contribution in [3.8, 4) is 5.75 Å². The fourth-order valence-corrected chi connectivity index (χ4v) is 1.09. The van der Waals surface area contributed by atoms with Crippen LogP contribution in [-0.2, 0) is 11.3 Å². The van der Waals surface area contributed by atoms with Crippen molar-refractivity contribution in [3.63, 3.8) is 0 Å². The lowest BCUT2D eigenvalue weighted by atomic mass is 10.2. The molecule has 1 aromatic carbocycles. The fourth-order valence-electron chi connectivity index (χ4n) is 1.09. The van der Waals surface area contributed by atoms with Crippen LogP contribution in [0.5, 0.6) is 5.75 Å². The van der Waals surface area contributed by atoms with Gasteiger partial charge in [-0.05, 0) is 23.6 Å². The molecule has 0 bridgehead atoms. The van der Waals surface area contributed by atoms with Crippen LogP contribution < -0.4 is 5.73 Å². The number of rotatable bonds is 4. The monoisotopic (exact) mass is 195 g/mol. The second-order valence-electron chi connectivity index (χ2n) is 3.80. The molecule has 0 aliphatic heterocycles. The van der Waals surface area contributed by atoms with E-state index in [0.717, 1.165) is 12.2 Å². The van der Waals surface area contributed by atoms with E-state index in [1.54, 1.807) is 12.1 Å². The van der Waals surface area contributed by atoms with Crippen LogP contribution in [0.3, 0.4) is 0 Å². The maximum absolute atomic E-state index is 9.33. The highest BCUT2D eigenvalue weighted by Crippen LogP contribution is 2.20. The number of phenolic OH excluding ortho intramolecular Hbond substituents is 1. The third-order valence-corrected chi connectivity index (χ3v) is 1.81. The Labute approximate surface area is 84.5 Å². The summed E-state index contributed by atoms with van der Waals surface area (Å²) in [6.45, 7) is 5.44. The van der Waals surface area contributed by atoms with Gasteiger partial charge in [-0.25, -0.2) is 0 Å². The third kappa shape index (κ3) is 3.26. The summed E-state index contributed by atoms with van der Waals surface area (Å²) in [5.74, 6) is 0.646. The number of anilines is 1. The number of hydrogen-bond donors (Lipinski definition) is 2. The van der Waals surface area contributed by atoms with Gasteiger partial charge >= 0.3 is 0 Å². The molecule has 0 heterocycles. The van der Waals surface area contributed by atoms with E-state index in [0.29, 0.717) is 18.2 Å². The van der Waals surface area contributed by atoms with E-state index in [4.69, 9.17) is 10.5 Å². The lowest BCUT2D eigenvalue weighted by Gasteiger charge is -2.07. The number of nitrogen functional groups attached to an aromatic ring is 1. The van der Waals surface area contributed by atoms with Crippen molar-refractivity contribution < 1.29 is 9.84 Å². The molecule has 0 amide bonds. The summed E-state index contributed by atoms with van der Waals surface area (Å²) in [6.07, 6.45) is 0. The molecular formula is C11H17NO2. The number of hydrogen-bond acceptors (Lipinski definition) is 3. The smallest absolute Gasteiger partial charge is 0.138 e. The summed E-state index contributed by atoms with van der Waals surface area (Å²) >= 11 is 0. The van der Waals surface area contributed by atoms with Gasteiger partial charge in [0.2, 0.25) is 0 Å². The molecule has 78 valence electrons. The molecule has 0 spiro atoms. The van der Waals surface area contributed by atoms with Gasteiger partial charge in [0.15, 0.2) is 0 Å². The zero-order valence-corrected chi connectivity index (χ0v) is 8.66. The lowest BCUT2D eigenvalue weighted by molar-refractivity contribution is 0.0970. The Morgan fingerprint density at radius 1 is 1.43 bits per heavy atom. The van der Waals surface area contributed by atoms with E-state index in [-0.39, 0.29) is 5.75 Å². The molecule has 0 aromatic heterocycles. The average molecular weight is 195 g/mol. The molecule has 14 heavy (non-hydrogen) atoms. The predicted octanol–water partition coefficient (Wildman–Crippen LogP) is 2.15. The van der Waals surface area contributed by atoms with Crippen LogP contribution in [0.1, 0.15) is 19.4 Å². The van der Waals surface area contributed by atoms with Crippen LogP contribution in [0, 0.1) is 5.92 Å². The lowest BCUT2D eigenvalue weighted by Crippen LogP contribution is -2.01. The van der Waals surface area contributed by atoms with Crippen LogP contribution in [-0.4, -0.2) is 11.7 Å². The molecule has 0 saturated carbocycles. The van der Waals surface area contributed by atoms with Gasteiger partial charge in [-0.2, -0.15) is 0 Å². The first-order valence-corrected chi connectivity index (χ1v) is 4.74. The Hall–Kier alpha value is -1.22. The topological polar surface area (TPSA) is 55.5 Å². The SMILES string of the molecule is CC(C)COCc1ccc(N)c(O)c1. The van der Waals surface area contributed by atoms with Crippen molar-refractivity contribution in [1.82, 2.24) is 0 Å². The zero-order chi connectivity index (χ0) is 10.6. The highest BCUT2D eigenvalue weighted by atomic mass is 16.5. The first kappa shape index (κ1) is 10.9. The molecule has 3 heteroatoms. The molecule has 0 atom stereocenters. The van der Waals surface area contributed by atoms with Crippen LogP contribution in [0.15, 0.2) is 18.2 Å². The number of nitrogens with two attached hydrogens (primary N) is 1. The Kier molecular flexibility index (Phi) is 3.77. The highest BCUT2D eigenvalue weighted by molar-refractivity contribution is 5.52. The quantitative estimate of drug-likeness (QED) is 0.571. The Morgan fingerprint density at radius 3 is 2.71 bits per heavy atom. The Bertz CT molecular complexity index is 297. The molecular weight excluding hydrogens is 178 g/mol. The number of phenols is 1. The number of benzene rings is 1. The first-order valence-electron chi connectivity index (χ1n) is 4.74. The Balaban J connectivity index is 2.47. The minimum Gasteiger partial charge on any atom is -0.506 e. The summed E-state index contributed by atoms with van der Waals surface area (Å²) in [6, 6.07) is 5.18. The van der Waals surface area contributed by atoms with Crippen molar-refractivity contribution in [2.75, 3.05) is 12.3 Å². The van der Waals surface area contributed by atoms with Crippen LogP contribution in [0.2, 0.25) is 0 Å². The first-order chi connectivity index (χ1) is 6.59. The minimum atomic E-state index is 0.121. The molecule has 0 unspecified atom stereocenters. The van der Waals surface area contributed by atoms with E-state index >= 15 is 0 Å². The van der Waals surface area contributed by atoms with E-state index in [1.807, 2.05) is 6.07 Å². The van der Waals surface area contributed by atoms with Crippen molar-refractivity contribution in [2.24, 2.45) is 5.92 Å². The summed E-state index contributed by atoms with van der Waals surface area (Å²) in [7, 11) is 0. The highest BCUT2D eigenvalue weighted by Gasteiger charge is 2.00. The summed E-state index contributed by atoms with van der Waals surface area (Å²) in [5.41, 5.74) is 6.82. The zero-order valence-electron chi connectivity index (χ0n) is 8.66. The number of ether oxygens (including phenoxy) is 1. The standard InChI is InChI=1S/C11H17NO2/c1-8(2)6-14-7-9-3-4-10(12)11(13)5-9/h3-5,8,13H,6-7,12H2,1-2H3. The largest absolute Gasteiger partial charge is 0.506 e. The average Bonchev–Trinajstić information content (AvgIpc) is 2.10. The second-order valence-corrected chi connectivity index (χ2v) is 3.80. The van der Waals surface area contributed by atoms with Gasteiger partial charge in [-0.1, -0.05) is 19.9 Å². The van der Waals surface area contributed by atoms with Gasteiger partial charge in [-0.15, -0.1) is 0 Å². The van der Waals surface area contributed by atoms with Crippen molar-refractivity contribution >= 4 is 5.69 Å². The van der Waals surface area contributed by atoms with Crippen LogP contribution in [0.25, 0.3) is 0 Å². The van der Waals surface area contributed by atoms with E-state index in [1.165, 1.54) is 0 Å². The maximum atomic E-state index is 9.33. The predicted molar refractivity (Wildman–Crippen MR) is 57.0 cm³/mol. The molecule has 0 aliphatic rings. The van der Waals surface area contributed by atoms with Gasteiger partial charge in [0.1, 0.15) is 5.75 Å². The summed E-state index contributed by atoms with van der Waals surface area (Å²) in [5, 5.41) is 9.33. The van der Waals surface area contributed by atoms with E-state index < -0.39 is 0 Å². The second kappa shape index (κ2) is 4.86. The van der Waals surface area contributed by atoms with Gasteiger partial charge in [0, 0.05) is 6.61 Å². The molecule has 1 aromatic rings. The molecule has 0 fully saturated rings. The number of aromatic hydroxyl groups is 1. The maximum Gasteiger partial charge on any atom is 0.138 e. The van der Waals surface area contributed by atoms with Crippen LogP contribution >= 0.6 is 0 Å². The fraction of sp³-hybridized carbons (Fsp3) is 0.455. The molecule has 0 saturated heterocycles. The molecule has 3 nitrogen and oxygen atoms in total. The Morgan fingerprint density at radius 2 is 2.14 bits per heavy atom. The molecule has 0 radical (unpaired) electrons. The van der Waals surface area contributed by atoms with E-state index in [9.17, 15) is 5.11 Å². The van der Waals surface area contributed by atoms with Gasteiger partial charge < -0.3 is 15.6 Å². The van der Waals surface area contributed by atoms with Gasteiger partial charge in [-0.3, -0.25) is 0 Å². The van der Waals surface area contributed by atoms with E-state index in [2.05, 4.69) is 13.8 Å². The van der Waals surface area contributed by atoms with Crippen molar-refractivity contribution in [3.05, 3.63) is 23.8 Å². The van der Waals surface area contributed by atoms with Crippen LogP contribution in [0.4, 0.5) is 5.69 Å². The summed E-state index contributed by atoms with van der Waals surface area (Å²) in [4.78, 5) is 0. The van der Waals surface area contributed by atoms with Gasteiger partial charge in [0.25, 0.3) is 0 Å².